The number of aliphatic hydroxyl groups is 1. The van der Waals surface area contributed by atoms with Gasteiger partial charge in [-0.2, -0.15) is 0 Å². The van der Waals surface area contributed by atoms with Crippen molar-refractivity contribution >= 4 is 11.8 Å². The molecule has 0 unspecified atom stereocenters. The molecular weight excluding hydrogens is 218 g/mol. The van der Waals surface area contributed by atoms with Gasteiger partial charge in [0.15, 0.2) is 0 Å². The fraction of sp³-hybridized carbons (Fsp3) is 0.455. The van der Waals surface area contributed by atoms with Crippen molar-refractivity contribution in [1.82, 2.24) is 0 Å². The van der Waals surface area contributed by atoms with E-state index in [1.807, 2.05) is 20.8 Å². The van der Waals surface area contributed by atoms with Crippen molar-refractivity contribution < 1.29 is 13.9 Å². The third-order valence-electron chi connectivity index (χ3n) is 1.65. The van der Waals surface area contributed by atoms with E-state index in [4.69, 9.17) is 5.11 Å². The van der Waals surface area contributed by atoms with Gasteiger partial charge in [-0.15, -0.1) is 11.8 Å². The Morgan fingerprint density at radius 1 is 1.20 bits per heavy atom. The summed E-state index contributed by atoms with van der Waals surface area (Å²) in [6.07, 6.45) is 0. The summed E-state index contributed by atoms with van der Waals surface area (Å²) in [6.45, 7) is 5.30. The van der Waals surface area contributed by atoms with Gasteiger partial charge in [0, 0.05) is 4.75 Å². The second-order valence-corrected chi connectivity index (χ2v) is 6.10. The maximum Gasteiger partial charge on any atom is 0.140 e. The van der Waals surface area contributed by atoms with E-state index in [-0.39, 0.29) is 21.8 Å². The van der Waals surface area contributed by atoms with Crippen LogP contribution in [0.2, 0.25) is 0 Å². The Kier molecular flexibility index (Phi) is 3.73. The van der Waals surface area contributed by atoms with Gasteiger partial charge in [-0.25, -0.2) is 8.78 Å². The largest absolute Gasteiger partial charge is 0.392 e. The van der Waals surface area contributed by atoms with E-state index in [1.165, 1.54) is 0 Å². The van der Waals surface area contributed by atoms with Crippen LogP contribution in [0.25, 0.3) is 0 Å². The fourth-order valence-corrected chi connectivity index (χ4v) is 2.03. The zero-order chi connectivity index (χ0) is 11.6. The standard InChI is InChI=1S/C11H14F2OS/c1-11(2,3)15-10-8(12)4-7(6-14)5-9(10)13/h4-5,14H,6H2,1-3H3. The van der Waals surface area contributed by atoms with E-state index in [2.05, 4.69) is 0 Å². The molecule has 84 valence electrons. The summed E-state index contributed by atoms with van der Waals surface area (Å²) in [7, 11) is 0. The van der Waals surface area contributed by atoms with Crippen molar-refractivity contribution in [3.05, 3.63) is 29.3 Å². The quantitative estimate of drug-likeness (QED) is 0.789. The average molecular weight is 232 g/mol. The van der Waals surface area contributed by atoms with Crippen LogP contribution < -0.4 is 0 Å². The summed E-state index contributed by atoms with van der Waals surface area (Å²) >= 11 is 1.14. The predicted octanol–water partition coefficient (Wildman–Crippen LogP) is 3.35. The molecular formula is C11H14F2OS. The van der Waals surface area contributed by atoms with Crippen LogP contribution in [0.3, 0.4) is 0 Å². The van der Waals surface area contributed by atoms with E-state index in [0.29, 0.717) is 0 Å². The van der Waals surface area contributed by atoms with Gasteiger partial charge in [0.25, 0.3) is 0 Å². The first-order valence-corrected chi connectivity index (χ1v) is 5.43. The van der Waals surface area contributed by atoms with Crippen LogP contribution in [-0.2, 0) is 6.61 Å². The van der Waals surface area contributed by atoms with Crippen LogP contribution in [-0.4, -0.2) is 9.85 Å². The van der Waals surface area contributed by atoms with Crippen LogP contribution in [0, 0.1) is 11.6 Å². The number of thioether (sulfide) groups is 1. The highest BCUT2D eigenvalue weighted by Crippen LogP contribution is 2.35. The maximum atomic E-state index is 13.5. The Labute approximate surface area is 92.5 Å². The number of rotatable bonds is 2. The maximum absolute atomic E-state index is 13.5. The van der Waals surface area contributed by atoms with Gasteiger partial charge in [0.05, 0.1) is 11.5 Å². The summed E-state index contributed by atoms with van der Waals surface area (Å²) in [5.41, 5.74) is 0.253. The van der Waals surface area contributed by atoms with E-state index in [1.54, 1.807) is 0 Å². The molecule has 0 atom stereocenters. The van der Waals surface area contributed by atoms with Crippen LogP contribution in [0.5, 0.6) is 0 Å². The molecule has 0 amide bonds. The van der Waals surface area contributed by atoms with Gasteiger partial charge in [-0.05, 0) is 17.7 Å². The Hall–Kier alpha value is -0.610. The predicted molar refractivity (Wildman–Crippen MR) is 57.9 cm³/mol. The fourth-order valence-electron chi connectivity index (χ4n) is 1.11. The lowest BCUT2D eigenvalue weighted by Crippen LogP contribution is -2.08. The van der Waals surface area contributed by atoms with Crippen LogP contribution >= 0.6 is 11.8 Å². The lowest BCUT2D eigenvalue weighted by molar-refractivity contribution is 0.280. The zero-order valence-electron chi connectivity index (χ0n) is 8.97. The molecule has 0 saturated heterocycles. The molecule has 15 heavy (non-hydrogen) atoms. The zero-order valence-corrected chi connectivity index (χ0v) is 9.79. The number of benzene rings is 1. The number of aliphatic hydroxyl groups excluding tert-OH is 1. The molecule has 0 aliphatic rings. The molecule has 1 aromatic carbocycles. The highest BCUT2D eigenvalue weighted by molar-refractivity contribution is 8.00. The van der Waals surface area contributed by atoms with Crippen LogP contribution in [0.1, 0.15) is 26.3 Å². The van der Waals surface area contributed by atoms with E-state index < -0.39 is 11.6 Å². The molecule has 1 N–H and O–H groups in total. The minimum absolute atomic E-state index is 0.0136. The molecule has 4 heteroatoms. The van der Waals surface area contributed by atoms with Crippen LogP contribution in [0.15, 0.2) is 17.0 Å². The molecule has 1 aromatic rings. The van der Waals surface area contributed by atoms with E-state index in [9.17, 15) is 8.78 Å². The molecule has 0 spiro atoms. The highest BCUT2D eigenvalue weighted by Gasteiger charge is 2.19. The number of hydrogen-bond acceptors (Lipinski definition) is 2. The Balaban J connectivity index is 3.09. The lowest BCUT2D eigenvalue weighted by atomic mass is 10.2. The van der Waals surface area contributed by atoms with Gasteiger partial charge in [0.2, 0.25) is 0 Å². The van der Waals surface area contributed by atoms with Crippen molar-refractivity contribution in [1.29, 1.82) is 0 Å². The van der Waals surface area contributed by atoms with Gasteiger partial charge < -0.3 is 5.11 Å². The molecule has 1 rings (SSSR count). The Bertz CT molecular complexity index is 335. The normalized spacial score (nSPS) is 11.9. The third kappa shape index (κ3) is 3.47. The Morgan fingerprint density at radius 3 is 2.00 bits per heavy atom. The summed E-state index contributed by atoms with van der Waals surface area (Å²) in [4.78, 5) is 0.0136. The van der Waals surface area contributed by atoms with Crippen molar-refractivity contribution in [2.24, 2.45) is 0 Å². The van der Waals surface area contributed by atoms with Crippen molar-refractivity contribution in [3.8, 4) is 0 Å². The summed E-state index contributed by atoms with van der Waals surface area (Å²) < 4.78 is 26.7. The number of halogens is 2. The molecule has 0 aliphatic carbocycles. The first-order valence-electron chi connectivity index (χ1n) is 4.61. The van der Waals surface area contributed by atoms with Crippen molar-refractivity contribution in [3.63, 3.8) is 0 Å². The second kappa shape index (κ2) is 4.49. The third-order valence-corrected chi connectivity index (χ3v) is 2.86. The van der Waals surface area contributed by atoms with Gasteiger partial charge in [-0.1, -0.05) is 20.8 Å². The monoisotopic (exact) mass is 232 g/mol. The van der Waals surface area contributed by atoms with Gasteiger partial charge >= 0.3 is 0 Å². The summed E-state index contributed by atoms with van der Waals surface area (Å²) in [5, 5.41) is 8.77. The Morgan fingerprint density at radius 2 is 1.67 bits per heavy atom. The second-order valence-electron chi connectivity index (χ2n) is 4.26. The number of hydrogen-bond donors (Lipinski definition) is 1. The molecule has 0 saturated carbocycles. The molecule has 0 bridgehead atoms. The van der Waals surface area contributed by atoms with Crippen molar-refractivity contribution in [2.75, 3.05) is 0 Å². The minimum Gasteiger partial charge on any atom is -0.392 e. The van der Waals surface area contributed by atoms with Gasteiger partial charge in [0.1, 0.15) is 11.6 Å². The minimum atomic E-state index is -0.612. The first kappa shape index (κ1) is 12.5. The smallest absolute Gasteiger partial charge is 0.140 e. The molecule has 1 nitrogen and oxygen atoms in total. The molecule has 0 aliphatic heterocycles. The highest BCUT2D eigenvalue weighted by atomic mass is 32.2. The SMILES string of the molecule is CC(C)(C)Sc1c(F)cc(CO)cc1F. The average Bonchev–Trinajstić information content (AvgIpc) is 2.09. The molecule has 0 heterocycles. The van der Waals surface area contributed by atoms with Crippen molar-refractivity contribution in [2.45, 2.75) is 37.0 Å². The molecule has 0 radical (unpaired) electrons. The molecule has 0 fully saturated rings. The van der Waals surface area contributed by atoms with E-state index in [0.717, 1.165) is 23.9 Å². The van der Waals surface area contributed by atoms with Gasteiger partial charge in [-0.3, -0.25) is 0 Å². The first-order chi connectivity index (χ1) is 6.83. The summed E-state index contributed by atoms with van der Waals surface area (Å²) in [5.74, 6) is -1.22. The lowest BCUT2D eigenvalue weighted by Gasteiger charge is -2.18. The summed E-state index contributed by atoms with van der Waals surface area (Å²) in [6, 6.07) is 2.33. The topological polar surface area (TPSA) is 20.2 Å². The van der Waals surface area contributed by atoms with Crippen LogP contribution in [0.4, 0.5) is 8.78 Å². The van der Waals surface area contributed by atoms with E-state index >= 15 is 0 Å². The molecule has 0 aromatic heterocycles.